The van der Waals surface area contributed by atoms with Gasteiger partial charge >= 0.3 is 0 Å². The van der Waals surface area contributed by atoms with Crippen LogP contribution in [0.2, 0.25) is 0 Å². The smallest absolute Gasteiger partial charge is 0.258 e. The summed E-state index contributed by atoms with van der Waals surface area (Å²) < 4.78 is 0.924. The number of benzene rings is 1. The van der Waals surface area contributed by atoms with Gasteiger partial charge in [-0.25, -0.2) is 0 Å². The van der Waals surface area contributed by atoms with E-state index in [0.29, 0.717) is 5.57 Å². The van der Waals surface area contributed by atoms with Crippen LogP contribution in [0.4, 0.5) is 0 Å². The molecule has 0 saturated carbocycles. The van der Waals surface area contributed by atoms with E-state index in [9.17, 15) is 9.59 Å². The summed E-state index contributed by atoms with van der Waals surface area (Å²) in [6.07, 6.45) is 1.32. The molecule has 4 heteroatoms. The van der Waals surface area contributed by atoms with Crippen molar-refractivity contribution in [1.29, 1.82) is 0 Å². The van der Waals surface area contributed by atoms with Crippen LogP contribution in [0.15, 0.2) is 28.7 Å². The normalized spacial score (nSPS) is 15.2. The van der Waals surface area contributed by atoms with Crippen molar-refractivity contribution in [2.45, 2.75) is 6.92 Å². The van der Waals surface area contributed by atoms with Gasteiger partial charge in [0, 0.05) is 10.5 Å². The fourth-order valence-electron chi connectivity index (χ4n) is 1.39. The van der Waals surface area contributed by atoms with Gasteiger partial charge in [-0.15, -0.1) is 0 Å². The summed E-state index contributed by atoms with van der Waals surface area (Å²) in [5.41, 5.74) is 2.25. The second-order valence-electron chi connectivity index (χ2n) is 3.34. The summed E-state index contributed by atoms with van der Waals surface area (Å²) >= 11 is 3.38. The van der Waals surface area contributed by atoms with Crippen molar-refractivity contribution >= 4 is 33.3 Å². The van der Waals surface area contributed by atoms with E-state index in [0.717, 1.165) is 15.6 Å². The van der Waals surface area contributed by atoms with Gasteiger partial charge in [0.1, 0.15) is 0 Å². The molecule has 0 fully saturated rings. The van der Waals surface area contributed by atoms with Crippen molar-refractivity contribution in [2.24, 2.45) is 0 Å². The van der Waals surface area contributed by atoms with Gasteiger partial charge in [-0.1, -0.05) is 28.1 Å². The zero-order valence-electron chi connectivity index (χ0n) is 8.00. The molecule has 0 unspecified atom stereocenters. The topological polar surface area (TPSA) is 46.2 Å². The average molecular weight is 266 g/mol. The first kappa shape index (κ1) is 10.1. The Morgan fingerprint density at radius 3 is 2.53 bits per heavy atom. The summed E-state index contributed by atoms with van der Waals surface area (Å²) in [5, 5.41) is 2.21. The van der Waals surface area contributed by atoms with Crippen LogP contribution in [0.25, 0.3) is 5.57 Å². The second-order valence-corrected chi connectivity index (χ2v) is 4.19. The molecule has 1 aliphatic rings. The zero-order valence-corrected chi connectivity index (χ0v) is 9.59. The minimum Gasteiger partial charge on any atom is -0.289 e. The third kappa shape index (κ3) is 1.85. The lowest BCUT2D eigenvalue weighted by molar-refractivity contribution is -0.123. The van der Waals surface area contributed by atoms with E-state index in [1.165, 1.54) is 6.08 Å². The largest absolute Gasteiger partial charge is 0.289 e. The molecule has 15 heavy (non-hydrogen) atoms. The third-order valence-corrected chi connectivity index (χ3v) is 3.09. The number of aryl methyl sites for hydroxylation is 1. The van der Waals surface area contributed by atoms with Crippen LogP contribution >= 0.6 is 15.9 Å². The molecule has 0 radical (unpaired) electrons. The fourth-order valence-corrected chi connectivity index (χ4v) is 1.77. The Morgan fingerprint density at radius 2 is 2.00 bits per heavy atom. The number of hydrogen-bond acceptors (Lipinski definition) is 2. The van der Waals surface area contributed by atoms with E-state index in [1.807, 2.05) is 25.1 Å². The highest BCUT2D eigenvalue weighted by Crippen LogP contribution is 2.24. The molecule has 3 nitrogen and oxygen atoms in total. The minimum absolute atomic E-state index is 0.337. The van der Waals surface area contributed by atoms with Crippen LogP contribution in [-0.4, -0.2) is 11.8 Å². The van der Waals surface area contributed by atoms with Crippen molar-refractivity contribution in [1.82, 2.24) is 5.32 Å². The molecule has 0 saturated heterocycles. The van der Waals surface area contributed by atoms with Crippen molar-refractivity contribution in [3.63, 3.8) is 0 Å². The van der Waals surface area contributed by atoms with Crippen LogP contribution in [-0.2, 0) is 9.59 Å². The number of hydrogen-bond donors (Lipinski definition) is 1. The lowest BCUT2D eigenvalue weighted by Gasteiger charge is -2.03. The molecular formula is C11H8BrNO2. The predicted molar refractivity (Wildman–Crippen MR) is 60.0 cm³/mol. The van der Waals surface area contributed by atoms with Gasteiger partial charge in [-0.05, 0) is 24.1 Å². The summed E-state index contributed by atoms with van der Waals surface area (Å²) in [4.78, 5) is 22.3. The van der Waals surface area contributed by atoms with Gasteiger partial charge < -0.3 is 0 Å². The summed E-state index contributed by atoms with van der Waals surface area (Å²) in [6.45, 7) is 1.96. The van der Waals surface area contributed by atoms with Crippen LogP contribution in [0.5, 0.6) is 0 Å². The third-order valence-electron chi connectivity index (χ3n) is 2.24. The second kappa shape index (κ2) is 3.62. The molecule has 2 amide bonds. The lowest BCUT2D eigenvalue weighted by Crippen LogP contribution is -2.21. The first-order chi connectivity index (χ1) is 7.08. The van der Waals surface area contributed by atoms with Crippen LogP contribution in [0, 0.1) is 6.92 Å². The average Bonchev–Trinajstić information content (AvgIpc) is 2.50. The Bertz CT molecular complexity index is 491. The van der Waals surface area contributed by atoms with Crippen molar-refractivity contribution in [2.75, 3.05) is 0 Å². The van der Waals surface area contributed by atoms with Gasteiger partial charge in [-0.2, -0.15) is 0 Å². The Kier molecular flexibility index (Phi) is 2.44. The highest BCUT2D eigenvalue weighted by Gasteiger charge is 2.22. The van der Waals surface area contributed by atoms with E-state index in [-0.39, 0.29) is 11.8 Å². The number of amides is 2. The summed E-state index contributed by atoms with van der Waals surface area (Å²) in [7, 11) is 0. The van der Waals surface area contributed by atoms with Gasteiger partial charge in [0.2, 0.25) is 0 Å². The van der Waals surface area contributed by atoms with E-state index in [4.69, 9.17) is 0 Å². The maximum absolute atomic E-state index is 11.4. The van der Waals surface area contributed by atoms with Crippen molar-refractivity contribution < 1.29 is 9.59 Å². The van der Waals surface area contributed by atoms with E-state index >= 15 is 0 Å². The van der Waals surface area contributed by atoms with Crippen LogP contribution < -0.4 is 5.32 Å². The first-order valence-electron chi connectivity index (χ1n) is 4.41. The number of carbonyl (C=O) groups excluding carboxylic acids is 2. The van der Waals surface area contributed by atoms with E-state index < -0.39 is 0 Å². The van der Waals surface area contributed by atoms with E-state index in [2.05, 4.69) is 21.2 Å². The Hall–Kier alpha value is -1.42. The van der Waals surface area contributed by atoms with E-state index in [1.54, 1.807) is 0 Å². The zero-order chi connectivity index (χ0) is 11.0. The molecule has 0 aliphatic carbocycles. The molecule has 1 aromatic carbocycles. The molecule has 0 aromatic heterocycles. The highest BCUT2D eigenvalue weighted by molar-refractivity contribution is 9.10. The van der Waals surface area contributed by atoms with Crippen molar-refractivity contribution in [3.05, 3.63) is 39.9 Å². The SMILES string of the molecule is Cc1ccc(C2=CC(=O)NC2=O)cc1Br. The first-order valence-corrected chi connectivity index (χ1v) is 5.21. The molecule has 1 aliphatic heterocycles. The monoisotopic (exact) mass is 265 g/mol. The minimum atomic E-state index is -0.355. The van der Waals surface area contributed by atoms with Crippen molar-refractivity contribution in [3.8, 4) is 0 Å². The predicted octanol–water partition coefficient (Wildman–Crippen LogP) is 1.80. The number of halogens is 1. The molecule has 0 atom stereocenters. The Labute approximate surface area is 95.3 Å². The summed E-state index contributed by atoms with van der Waals surface area (Å²) in [5.74, 6) is -0.692. The number of carbonyl (C=O) groups is 2. The molecule has 2 rings (SSSR count). The fraction of sp³-hybridized carbons (Fsp3) is 0.0909. The molecule has 76 valence electrons. The van der Waals surface area contributed by atoms with Crippen LogP contribution in [0.1, 0.15) is 11.1 Å². The van der Waals surface area contributed by atoms with Gasteiger partial charge in [0.05, 0.1) is 5.57 Å². The van der Waals surface area contributed by atoms with Gasteiger partial charge in [0.15, 0.2) is 0 Å². The molecule has 0 spiro atoms. The maximum atomic E-state index is 11.4. The Morgan fingerprint density at radius 1 is 1.27 bits per heavy atom. The molecule has 0 bridgehead atoms. The standard InChI is InChI=1S/C11H8BrNO2/c1-6-2-3-7(4-9(6)12)8-5-10(14)13-11(8)15/h2-5H,1H3,(H,13,14,15). The van der Waals surface area contributed by atoms with Crippen LogP contribution in [0.3, 0.4) is 0 Å². The summed E-state index contributed by atoms with van der Waals surface area (Å²) in [6, 6.07) is 5.56. The Balaban J connectivity index is 2.47. The van der Waals surface area contributed by atoms with Gasteiger partial charge in [0.25, 0.3) is 11.8 Å². The molecule has 1 aromatic rings. The lowest BCUT2D eigenvalue weighted by atomic mass is 10.1. The maximum Gasteiger partial charge on any atom is 0.258 e. The highest BCUT2D eigenvalue weighted by atomic mass is 79.9. The molecular weight excluding hydrogens is 258 g/mol. The quantitative estimate of drug-likeness (QED) is 0.788. The molecule has 1 N–H and O–H groups in total. The number of nitrogens with one attached hydrogen (secondary N) is 1. The van der Waals surface area contributed by atoms with Gasteiger partial charge in [-0.3, -0.25) is 14.9 Å². The molecule has 1 heterocycles. The number of rotatable bonds is 1. The number of imide groups is 1.